The van der Waals surface area contributed by atoms with Crippen LogP contribution in [0.25, 0.3) is 0 Å². The van der Waals surface area contributed by atoms with Gasteiger partial charge in [0.05, 0.1) is 4.92 Å². The van der Waals surface area contributed by atoms with E-state index in [9.17, 15) is 14.9 Å². The van der Waals surface area contributed by atoms with Gasteiger partial charge in [0.15, 0.2) is 0 Å². The zero-order valence-electron chi connectivity index (χ0n) is 11.6. The summed E-state index contributed by atoms with van der Waals surface area (Å²) in [5.41, 5.74) is 0.530. The second-order valence-corrected chi connectivity index (χ2v) is 5.61. The predicted molar refractivity (Wildman–Crippen MR) is 80.2 cm³/mol. The number of halogens is 1. The standard InChI is InChI=1S/C14H18ClN3O3/c15-13-3-2-12(18(20)21)7-11(13)9-17-14(19)4-1-10-5-6-16-8-10/h2-3,7,10,16H,1,4-6,8-9H2,(H,17,19). The maximum atomic E-state index is 11.8. The molecular weight excluding hydrogens is 294 g/mol. The molecule has 6 nitrogen and oxygen atoms in total. The van der Waals surface area contributed by atoms with E-state index in [1.165, 1.54) is 18.2 Å². The number of carbonyl (C=O) groups is 1. The number of hydrogen-bond acceptors (Lipinski definition) is 4. The predicted octanol–water partition coefficient (Wildman–Crippen LogP) is 2.25. The van der Waals surface area contributed by atoms with Crippen molar-refractivity contribution in [1.29, 1.82) is 0 Å². The molecule has 1 heterocycles. The lowest BCUT2D eigenvalue weighted by molar-refractivity contribution is -0.384. The second-order valence-electron chi connectivity index (χ2n) is 5.21. The maximum absolute atomic E-state index is 11.8. The highest BCUT2D eigenvalue weighted by molar-refractivity contribution is 6.31. The Morgan fingerprint density at radius 1 is 1.52 bits per heavy atom. The van der Waals surface area contributed by atoms with E-state index in [-0.39, 0.29) is 18.1 Å². The quantitative estimate of drug-likeness (QED) is 0.623. The van der Waals surface area contributed by atoms with Gasteiger partial charge in [0.2, 0.25) is 5.91 Å². The molecule has 1 atom stereocenters. The summed E-state index contributed by atoms with van der Waals surface area (Å²) in [5, 5.41) is 17.2. The molecule has 21 heavy (non-hydrogen) atoms. The first-order chi connectivity index (χ1) is 10.1. The van der Waals surface area contributed by atoms with Crippen molar-refractivity contribution in [3.63, 3.8) is 0 Å². The van der Waals surface area contributed by atoms with Crippen LogP contribution >= 0.6 is 11.6 Å². The first kappa shape index (κ1) is 15.7. The number of carbonyl (C=O) groups excluding carboxylic acids is 1. The zero-order valence-corrected chi connectivity index (χ0v) is 12.4. The fourth-order valence-electron chi connectivity index (χ4n) is 2.39. The number of nitro groups is 1. The van der Waals surface area contributed by atoms with Gasteiger partial charge in [-0.25, -0.2) is 0 Å². The molecule has 1 aromatic rings. The van der Waals surface area contributed by atoms with Gasteiger partial charge in [-0.05, 0) is 43.5 Å². The summed E-state index contributed by atoms with van der Waals surface area (Å²) in [6.45, 7) is 2.21. The molecule has 1 aliphatic rings. The number of amides is 1. The monoisotopic (exact) mass is 311 g/mol. The van der Waals surface area contributed by atoms with E-state index in [0.29, 0.717) is 22.9 Å². The molecule has 0 saturated carbocycles. The van der Waals surface area contributed by atoms with Crippen LogP contribution in [-0.2, 0) is 11.3 Å². The Balaban J connectivity index is 1.82. The third-order valence-electron chi connectivity index (χ3n) is 3.66. The Hall–Kier alpha value is -1.66. The normalized spacial score (nSPS) is 17.7. The van der Waals surface area contributed by atoms with Crippen molar-refractivity contribution < 1.29 is 9.72 Å². The fourth-order valence-corrected chi connectivity index (χ4v) is 2.57. The van der Waals surface area contributed by atoms with Crippen LogP contribution in [0, 0.1) is 16.0 Å². The van der Waals surface area contributed by atoms with Crippen LogP contribution in [0.5, 0.6) is 0 Å². The molecule has 1 aliphatic heterocycles. The smallest absolute Gasteiger partial charge is 0.269 e. The minimum Gasteiger partial charge on any atom is -0.352 e. The van der Waals surface area contributed by atoms with Gasteiger partial charge in [-0.15, -0.1) is 0 Å². The van der Waals surface area contributed by atoms with Crippen molar-refractivity contribution in [3.05, 3.63) is 38.9 Å². The van der Waals surface area contributed by atoms with Crippen molar-refractivity contribution >= 4 is 23.2 Å². The lowest BCUT2D eigenvalue weighted by atomic mass is 10.0. The van der Waals surface area contributed by atoms with Crippen LogP contribution in [0.1, 0.15) is 24.8 Å². The number of nitrogens with one attached hydrogen (secondary N) is 2. The topological polar surface area (TPSA) is 84.3 Å². The molecule has 1 fully saturated rings. The van der Waals surface area contributed by atoms with Gasteiger partial charge in [-0.3, -0.25) is 14.9 Å². The third-order valence-corrected chi connectivity index (χ3v) is 4.03. The number of non-ortho nitro benzene ring substituents is 1. The molecule has 2 N–H and O–H groups in total. The van der Waals surface area contributed by atoms with Crippen LogP contribution in [-0.4, -0.2) is 23.9 Å². The van der Waals surface area contributed by atoms with Gasteiger partial charge in [-0.1, -0.05) is 11.6 Å². The maximum Gasteiger partial charge on any atom is 0.269 e. The zero-order chi connectivity index (χ0) is 15.2. The average molecular weight is 312 g/mol. The summed E-state index contributed by atoms with van der Waals surface area (Å²) in [6, 6.07) is 4.22. The molecule has 114 valence electrons. The Labute approximate surface area is 128 Å². The van der Waals surface area contributed by atoms with Crippen molar-refractivity contribution in [2.24, 2.45) is 5.92 Å². The summed E-state index contributed by atoms with van der Waals surface area (Å²) >= 11 is 5.98. The highest BCUT2D eigenvalue weighted by atomic mass is 35.5. The van der Waals surface area contributed by atoms with Crippen LogP contribution < -0.4 is 10.6 Å². The Morgan fingerprint density at radius 2 is 2.33 bits per heavy atom. The summed E-state index contributed by atoms with van der Waals surface area (Å²) in [4.78, 5) is 22.0. The number of rotatable bonds is 6. The van der Waals surface area contributed by atoms with E-state index in [4.69, 9.17) is 11.6 Å². The van der Waals surface area contributed by atoms with Gasteiger partial charge >= 0.3 is 0 Å². The van der Waals surface area contributed by atoms with E-state index in [1.807, 2.05) is 0 Å². The van der Waals surface area contributed by atoms with Crippen molar-refractivity contribution in [3.8, 4) is 0 Å². The molecule has 1 saturated heterocycles. The third kappa shape index (κ3) is 4.68. The molecule has 1 unspecified atom stereocenters. The highest BCUT2D eigenvalue weighted by Gasteiger charge is 2.16. The van der Waals surface area contributed by atoms with Gasteiger partial charge in [0.25, 0.3) is 5.69 Å². The molecule has 0 spiro atoms. The van der Waals surface area contributed by atoms with Crippen LogP contribution in [0.3, 0.4) is 0 Å². The van der Waals surface area contributed by atoms with E-state index in [1.54, 1.807) is 0 Å². The molecule has 1 aromatic carbocycles. The lowest BCUT2D eigenvalue weighted by Gasteiger charge is -2.09. The summed E-state index contributed by atoms with van der Waals surface area (Å²) < 4.78 is 0. The SMILES string of the molecule is O=C(CCC1CCNC1)NCc1cc([N+](=O)[O-])ccc1Cl. The second kappa shape index (κ2) is 7.38. The molecule has 0 bridgehead atoms. The van der Waals surface area contributed by atoms with E-state index in [2.05, 4.69) is 10.6 Å². The fraction of sp³-hybridized carbons (Fsp3) is 0.500. The first-order valence-electron chi connectivity index (χ1n) is 6.96. The Morgan fingerprint density at radius 3 is 3.00 bits per heavy atom. The number of hydrogen-bond donors (Lipinski definition) is 2. The highest BCUT2D eigenvalue weighted by Crippen LogP contribution is 2.22. The van der Waals surface area contributed by atoms with Crippen molar-refractivity contribution in [1.82, 2.24) is 10.6 Å². The van der Waals surface area contributed by atoms with Crippen LogP contribution in [0.4, 0.5) is 5.69 Å². The first-order valence-corrected chi connectivity index (χ1v) is 7.34. The van der Waals surface area contributed by atoms with Crippen molar-refractivity contribution in [2.75, 3.05) is 13.1 Å². The largest absolute Gasteiger partial charge is 0.352 e. The van der Waals surface area contributed by atoms with E-state index < -0.39 is 4.92 Å². The van der Waals surface area contributed by atoms with Crippen molar-refractivity contribution in [2.45, 2.75) is 25.8 Å². The number of nitrogens with zero attached hydrogens (tertiary/aromatic N) is 1. The minimum atomic E-state index is -0.477. The molecule has 0 aliphatic carbocycles. The Bertz CT molecular complexity index is 530. The lowest BCUT2D eigenvalue weighted by Crippen LogP contribution is -2.23. The molecule has 2 rings (SSSR count). The van der Waals surface area contributed by atoms with Gasteiger partial charge in [0.1, 0.15) is 0 Å². The summed E-state index contributed by atoms with van der Waals surface area (Å²) in [5.74, 6) is 0.515. The van der Waals surface area contributed by atoms with Gasteiger partial charge in [-0.2, -0.15) is 0 Å². The van der Waals surface area contributed by atoms with E-state index >= 15 is 0 Å². The summed E-state index contributed by atoms with van der Waals surface area (Å²) in [6.07, 6.45) is 2.45. The van der Waals surface area contributed by atoms with Gasteiger partial charge in [0, 0.05) is 30.1 Å². The molecular formula is C14H18ClN3O3. The summed E-state index contributed by atoms with van der Waals surface area (Å²) in [7, 11) is 0. The molecule has 1 amide bonds. The minimum absolute atomic E-state index is 0.0271. The van der Waals surface area contributed by atoms with Crippen LogP contribution in [0.2, 0.25) is 5.02 Å². The molecule has 0 radical (unpaired) electrons. The number of nitro benzene ring substituents is 1. The molecule has 0 aromatic heterocycles. The Kier molecular flexibility index (Phi) is 5.52. The van der Waals surface area contributed by atoms with Crippen LogP contribution in [0.15, 0.2) is 18.2 Å². The number of benzene rings is 1. The van der Waals surface area contributed by atoms with E-state index in [0.717, 1.165) is 25.9 Å². The average Bonchev–Trinajstić information content (AvgIpc) is 2.97. The van der Waals surface area contributed by atoms with Gasteiger partial charge < -0.3 is 10.6 Å². The molecule has 7 heteroatoms.